The minimum Gasteiger partial charge on any atom is -0.493 e. The van der Waals surface area contributed by atoms with Crippen molar-refractivity contribution in [2.24, 2.45) is 4.99 Å². The van der Waals surface area contributed by atoms with E-state index in [1.807, 2.05) is 19.9 Å². The molecule has 1 heterocycles. The molecule has 0 saturated carbocycles. The van der Waals surface area contributed by atoms with Crippen LogP contribution in [0.1, 0.15) is 43.0 Å². The van der Waals surface area contributed by atoms with Gasteiger partial charge in [-0.2, -0.15) is 0 Å². The number of hydrogen-bond acceptors (Lipinski definition) is 5. The van der Waals surface area contributed by atoms with Gasteiger partial charge in [-0.1, -0.05) is 6.07 Å². The van der Waals surface area contributed by atoms with Crippen molar-refractivity contribution < 1.29 is 9.47 Å². The number of halogens is 1. The number of rotatable bonds is 12. The van der Waals surface area contributed by atoms with Crippen molar-refractivity contribution in [3.8, 4) is 11.5 Å². The van der Waals surface area contributed by atoms with E-state index in [4.69, 9.17) is 14.5 Å². The van der Waals surface area contributed by atoms with Gasteiger partial charge in [0.1, 0.15) is 0 Å². The van der Waals surface area contributed by atoms with Crippen LogP contribution in [0.3, 0.4) is 0 Å². The van der Waals surface area contributed by atoms with E-state index in [0.29, 0.717) is 6.61 Å². The van der Waals surface area contributed by atoms with Crippen LogP contribution in [0, 0.1) is 6.92 Å². The number of aromatic nitrogens is 1. The van der Waals surface area contributed by atoms with Crippen LogP contribution in [0.5, 0.6) is 11.5 Å². The summed E-state index contributed by atoms with van der Waals surface area (Å²) in [6.45, 7) is 9.25. The van der Waals surface area contributed by atoms with Crippen LogP contribution in [0.15, 0.2) is 28.6 Å². The van der Waals surface area contributed by atoms with E-state index >= 15 is 0 Å². The lowest BCUT2D eigenvalue weighted by molar-refractivity contribution is 0.310. The smallest absolute Gasteiger partial charge is 0.191 e. The molecule has 168 valence electrons. The molecule has 0 aliphatic rings. The van der Waals surface area contributed by atoms with Crippen molar-refractivity contribution in [2.45, 2.75) is 46.5 Å². The van der Waals surface area contributed by atoms with Gasteiger partial charge in [0.05, 0.1) is 18.7 Å². The molecule has 2 rings (SSSR count). The summed E-state index contributed by atoms with van der Waals surface area (Å²) >= 11 is 1.74. The van der Waals surface area contributed by atoms with Gasteiger partial charge in [-0.3, -0.25) is 4.99 Å². The Morgan fingerprint density at radius 1 is 1.13 bits per heavy atom. The summed E-state index contributed by atoms with van der Waals surface area (Å²) in [5.74, 6) is 2.47. The molecular formula is C22H35IN4O2S. The Morgan fingerprint density at radius 2 is 1.97 bits per heavy atom. The van der Waals surface area contributed by atoms with Gasteiger partial charge in [0, 0.05) is 37.1 Å². The van der Waals surface area contributed by atoms with Gasteiger partial charge >= 0.3 is 0 Å². The summed E-state index contributed by atoms with van der Waals surface area (Å²) in [7, 11) is 1.67. The van der Waals surface area contributed by atoms with Crippen molar-refractivity contribution in [2.75, 3.05) is 33.4 Å². The Kier molecular flexibility index (Phi) is 13.5. The predicted octanol–water partition coefficient (Wildman–Crippen LogP) is 4.60. The van der Waals surface area contributed by atoms with E-state index in [-0.39, 0.29) is 24.0 Å². The predicted molar refractivity (Wildman–Crippen MR) is 137 cm³/mol. The Hall–Kier alpha value is -1.55. The monoisotopic (exact) mass is 546 g/mol. The van der Waals surface area contributed by atoms with Crippen LogP contribution in [0.4, 0.5) is 0 Å². The molecule has 2 N–H and O–H groups in total. The molecule has 0 amide bonds. The summed E-state index contributed by atoms with van der Waals surface area (Å²) in [5.41, 5.74) is 2.35. The number of guanidine groups is 1. The van der Waals surface area contributed by atoms with Crippen LogP contribution in [0.2, 0.25) is 0 Å². The standard InChI is InChI=1S/C22H34N4O2S.HI/c1-5-23-22(25-14-8-10-21-26-17(3)16-29-21)24-13-7-9-18-11-12-19(27-4)20(15-18)28-6-2;/h11-12,15-16H,5-10,13-14H2,1-4H3,(H2,23,24,25);1H. The molecule has 0 spiro atoms. The van der Waals surface area contributed by atoms with Gasteiger partial charge in [-0.05, 0) is 57.7 Å². The molecule has 1 aromatic carbocycles. The fraction of sp³-hybridized carbons (Fsp3) is 0.545. The van der Waals surface area contributed by atoms with E-state index in [2.05, 4.69) is 40.1 Å². The van der Waals surface area contributed by atoms with Gasteiger partial charge in [0.2, 0.25) is 0 Å². The molecule has 0 fully saturated rings. The highest BCUT2D eigenvalue weighted by Crippen LogP contribution is 2.28. The molecule has 6 nitrogen and oxygen atoms in total. The SMILES string of the molecule is CCNC(=NCCCc1ccc(OC)c(OCC)c1)NCCCc1nc(C)cs1.I. The highest BCUT2D eigenvalue weighted by molar-refractivity contribution is 14.0. The second-order valence-corrected chi connectivity index (χ2v) is 7.64. The minimum atomic E-state index is 0. The topological polar surface area (TPSA) is 67.8 Å². The van der Waals surface area contributed by atoms with Crippen molar-refractivity contribution in [1.82, 2.24) is 15.6 Å². The molecule has 0 bridgehead atoms. The highest BCUT2D eigenvalue weighted by Gasteiger charge is 2.05. The average Bonchev–Trinajstić information content (AvgIpc) is 3.14. The fourth-order valence-corrected chi connectivity index (χ4v) is 3.74. The lowest BCUT2D eigenvalue weighted by Crippen LogP contribution is -2.38. The summed E-state index contributed by atoms with van der Waals surface area (Å²) in [6.07, 6.45) is 3.98. The summed E-state index contributed by atoms with van der Waals surface area (Å²) in [5, 5.41) is 10.0. The first-order chi connectivity index (χ1) is 14.2. The molecule has 0 saturated heterocycles. The van der Waals surface area contributed by atoms with Crippen LogP contribution < -0.4 is 20.1 Å². The highest BCUT2D eigenvalue weighted by atomic mass is 127. The van der Waals surface area contributed by atoms with E-state index in [0.717, 1.165) is 68.5 Å². The quantitative estimate of drug-likeness (QED) is 0.176. The number of aliphatic imine (C=N–C) groups is 1. The summed E-state index contributed by atoms with van der Waals surface area (Å²) in [4.78, 5) is 9.20. The Bertz CT molecular complexity index is 767. The first-order valence-electron chi connectivity index (χ1n) is 10.4. The normalized spacial score (nSPS) is 11.0. The van der Waals surface area contributed by atoms with E-state index in [9.17, 15) is 0 Å². The maximum absolute atomic E-state index is 5.66. The first-order valence-corrected chi connectivity index (χ1v) is 11.3. The largest absolute Gasteiger partial charge is 0.493 e. The van der Waals surface area contributed by atoms with Crippen LogP contribution >= 0.6 is 35.3 Å². The lowest BCUT2D eigenvalue weighted by Gasteiger charge is -2.12. The van der Waals surface area contributed by atoms with Gasteiger partial charge in [-0.25, -0.2) is 4.98 Å². The number of methoxy groups -OCH3 is 1. The Morgan fingerprint density at radius 3 is 2.63 bits per heavy atom. The van der Waals surface area contributed by atoms with Crippen LogP contribution in [-0.4, -0.2) is 44.3 Å². The summed E-state index contributed by atoms with van der Waals surface area (Å²) in [6, 6.07) is 6.13. The number of ether oxygens (including phenoxy) is 2. The number of hydrogen-bond donors (Lipinski definition) is 2. The lowest BCUT2D eigenvalue weighted by atomic mass is 10.1. The zero-order valence-electron chi connectivity index (χ0n) is 18.5. The number of aryl methyl sites for hydroxylation is 3. The van der Waals surface area contributed by atoms with E-state index < -0.39 is 0 Å². The number of benzene rings is 1. The van der Waals surface area contributed by atoms with E-state index in [1.54, 1.807) is 18.4 Å². The van der Waals surface area contributed by atoms with Gasteiger partial charge < -0.3 is 20.1 Å². The van der Waals surface area contributed by atoms with E-state index in [1.165, 1.54) is 10.6 Å². The second kappa shape index (κ2) is 15.3. The maximum Gasteiger partial charge on any atom is 0.191 e. The van der Waals surface area contributed by atoms with Crippen LogP contribution in [0.25, 0.3) is 0 Å². The van der Waals surface area contributed by atoms with Gasteiger partial charge in [0.25, 0.3) is 0 Å². The molecule has 0 aliphatic heterocycles. The summed E-state index contributed by atoms with van der Waals surface area (Å²) < 4.78 is 11.0. The van der Waals surface area contributed by atoms with Crippen molar-refractivity contribution in [1.29, 1.82) is 0 Å². The molecule has 0 radical (unpaired) electrons. The third-order valence-corrected chi connectivity index (χ3v) is 5.32. The van der Waals surface area contributed by atoms with Crippen molar-refractivity contribution >= 4 is 41.3 Å². The Labute approximate surface area is 201 Å². The molecule has 0 aliphatic carbocycles. The second-order valence-electron chi connectivity index (χ2n) is 6.70. The Balaban J connectivity index is 0.00000450. The van der Waals surface area contributed by atoms with Gasteiger partial charge in [0.15, 0.2) is 17.5 Å². The molecule has 0 atom stereocenters. The molecule has 2 aromatic rings. The van der Waals surface area contributed by atoms with Crippen LogP contribution in [-0.2, 0) is 12.8 Å². The molecule has 30 heavy (non-hydrogen) atoms. The molecular weight excluding hydrogens is 511 g/mol. The third kappa shape index (κ3) is 9.51. The minimum absolute atomic E-state index is 0. The van der Waals surface area contributed by atoms with Gasteiger partial charge in [-0.15, -0.1) is 35.3 Å². The number of nitrogens with one attached hydrogen (secondary N) is 2. The fourth-order valence-electron chi connectivity index (χ4n) is 2.92. The molecule has 8 heteroatoms. The average molecular weight is 547 g/mol. The zero-order chi connectivity index (χ0) is 20.9. The molecule has 0 unspecified atom stereocenters. The van der Waals surface area contributed by atoms with Crippen molar-refractivity contribution in [3.05, 3.63) is 39.8 Å². The zero-order valence-corrected chi connectivity index (χ0v) is 21.6. The first kappa shape index (κ1) is 26.5. The number of thiazole rings is 1. The maximum atomic E-state index is 5.66. The van der Waals surface area contributed by atoms with Crippen molar-refractivity contribution in [3.63, 3.8) is 0 Å². The number of nitrogens with zero attached hydrogens (tertiary/aromatic N) is 2. The molecule has 1 aromatic heterocycles. The third-order valence-electron chi connectivity index (χ3n) is 4.29.